The first-order valence-corrected chi connectivity index (χ1v) is 5.56. The molecule has 4 heteroatoms. The third-order valence-corrected chi connectivity index (χ3v) is 2.73. The largest absolute Gasteiger partial charge is 0.457 e. The van der Waals surface area contributed by atoms with Gasteiger partial charge in [-0.2, -0.15) is 0 Å². The molecule has 1 atom stereocenters. The summed E-state index contributed by atoms with van der Waals surface area (Å²) in [5.74, 6) is 0.0270. The molecule has 86 valence electrons. The third kappa shape index (κ3) is 2.06. The molecule has 16 heavy (non-hydrogen) atoms. The normalized spacial score (nSPS) is 13.2. The van der Waals surface area contributed by atoms with Crippen molar-refractivity contribution < 1.29 is 13.9 Å². The Morgan fingerprint density at radius 1 is 1.44 bits per heavy atom. The fraction of sp³-hybridized carbons (Fsp3) is 0.333. The maximum Gasteiger partial charge on any atom is 0.153 e. The van der Waals surface area contributed by atoms with Gasteiger partial charge < -0.3 is 9.52 Å². The molecular weight excluding hydrogens is 231 g/mol. The van der Waals surface area contributed by atoms with E-state index in [9.17, 15) is 9.50 Å². The number of halogens is 2. The fourth-order valence-electron chi connectivity index (χ4n) is 1.68. The summed E-state index contributed by atoms with van der Waals surface area (Å²) >= 11 is 5.84. The smallest absolute Gasteiger partial charge is 0.153 e. The minimum absolute atomic E-state index is 0.227. The zero-order valence-corrected chi connectivity index (χ0v) is 9.59. The van der Waals surface area contributed by atoms with E-state index in [0.717, 1.165) is 6.42 Å². The van der Waals surface area contributed by atoms with Crippen molar-refractivity contribution in [1.29, 1.82) is 0 Å². The molecule has 2 rings (SSSR count). The molecule has 0 saturated carbocycles. The van der Waals surface area contributed by atoms with E-state index in [2.05, 4.69) is 0 Å². The number of fused-ring (bicyclic) bond motifs is 1. The monoisotopic (exact) mass is 242 g/mol. The fourth-order valence-corrected chi connectivity index (χ4v) is 1.93. The van der Waals surface area contributed by atoms with E-state index in [1.807, 2.05) is 6.92 Å². The van der Waals surface area contributed by atoms with E-state index in [0.29, 0.717) is 23.2 Å². The molecule has 0 aliphatic rings. The summed E-state index contributed by atoms with van der Waals surface area (Å²) in [5.41, 5.74) is 0.424. The lowest BCUT2D eigenvalue weighted by molar-refractivity contribution is 0.141. The summed E-state index contributed by atoms with van der Waals surface area (Å²) in [6.07, 6.45) is 0.803. The van der Waals surface area contributed by atoms with Gasteiger partial charge in [-0.1, -0.05) is 24.9 Å². The minimum Gasteiger partial charge on any atom is -0.457 e. The lowest BCUT2D eigenvalue weighted by Gasteiger charge is -2.03. The zero-order chi connectivity index (χ0) is 11.7. The molecule has 0 fully saturated rings. The van der Waals surface area contributed by atoms with Crippen LogP contribution in [0, 0.1) is 5.82 Å². The van der Waals surface area contributed by atoms with Gasteiger partial charge in [0, 0.05) is 5.39 Å². The Bertz CT molecular complexity index is 507. The first-order chi connectivity index (χ1) is 7.61. The molecule has 0 spiro atoms. The Morgan fingerprint density at radius 3 is 2.88 bits per heavy atom. The predicted molar refractivity (Wildman–Crippen MR) is 61.0 cm³/mol. The molecule has 0 saturated heterocycles. The van der Waals surface area contributed by atoms with Gasteiger partial charge in [0.25, 0.3) is 0 Å². The SMILES string of the molecule is CCCC(O)c1cc2cc(F)cc(Cl)c2o1. The van der Waals surface area contributed by atoms with Gasteiger partial charge in [-0.15, -0.1) is 0 Å². The molecule has 0 aliphatic heterocycles. The average Bonchev–Trinajstić information content (AvgIpc) is 2.62. The van der Waals surface area contributed by atoms with Gasteiger partial charge in [0.15, 0.2) is 5.58 Å². The third-order valence-electron chi connectivity index (χ3n) is 2.45. The Morgan fingerprint density at radius 2 is 2.19 bits per heavy atom. The van der Waals surface area contributed by atoms with Crippen LogP contribution in [0.3, 0.4) is 0 Å². The van der Waals surface area contributed by atoms with E-state index in [-0.39, 0.29) is 5.02 Å². The van der Waals surface area contributed by atoms with Crippen molar-refractivity contribution >= 4 is 22.6 Å². The van der Waals surface area contributed by atoms with Gasteiger partial charge in [0.1, 0.15) is 17.7 Å². The van der Waals surface area contributed by atoms with Gasteiger partial charge >= 0.3 is 0 Å². The molecule has 0 aliphatic carbocycles. The van der Waals surface area contributed by atoms with Crippen LogP contribution < -0.4 is 0 Å². The molecule has 1 unspecified atom stereocenters. The van der Waals surface area contributed by atoms with Gasteiger partial charge in [-0.25, -0.2) is 4.39 Å². The van der Waals surface area contributed by atoms with Crippen molar-refractivity contribution in [2.45, 2.75) is 25.9 Å². The highest BCUT2D eigenvalue weighted by Crippen LogP contribution is 2.31. The Balaban J connectivity index is 2.47. The number of rotatable bonds is 3. The molecule has 0 radical (unpaired) electrons. The van der Waals surface area contributed by atoms with E-state index in [4.69, 9.17) is 16.0 Å². The van der Waals surface area contributed by atoms with Crippen LogP contribution in [0.2, 0.25) is 5.02 Å². The quantitative estimate of drug-likeness (QED) is 0.881. The van der Waals surface area contributed by atoms with Crippen molar-refractivity contribution in [2.75, 3.05) is 0 Å². The summed E-state index contributed by atoms with van der Waals surface area (Å²) in [6, 6.07) is 4.17. The lowest BCUT2D eigenvalue weighted by atomic mass is 10.1. The first kappa shape index (κ1) is 11.4. The zero-order valence-electron chi connectivity index (χ0n) is 8.84. The number of hydrogen-bond acceptors (Lipinski definition) is 2. The van der Waals surface area contributed by atoms with Crippen molar-refractivity contribution in [2.24, 2.45) is 0 Å². The molecule has 2 aromatic rings. The van der Waals surface area contributed by atoms with E-state index >= 15 is 0 Å². The highest BCUT2D eigenvalue weighted by Gasteiger charge is 2.14. The van der Waals surface area contributed by atoms with E-state index < -0.39 is 11.9 Å². The number of aliphatic hydroxyl groups is 1. The standard InChI is InChI=1S/C12H12ClFO2/c1-2-3-10(15)11-5-7-4-8(14)6-9(13)12(7)16-11/h4-6,10,15H,2-3H2,1H3. The number of furan rings is 1. The highest BCUT2D eigenvalue weighted by molar-refractivity contribution is 6.34. The van der Waals surface area contributed by atoms with Gasteiger partial charge in [0.05, 0.1) is 5.02 Å². The predicted octanol–water partition coefficient (Wildman–Crippen LogP) is 4.06. The molecule has 1 aromatic carbocycles. The van der Waals surface area contributed by atoms with Gasteiger partial charge in [0.2, 0.25) is 0 Å². The van der Waals surface area contributed by atoms with Crippen LogP contribution in [0.15, 0.2) is 22.6 Å². The number of benzene rings is 1. The molecule has 1 heterocycles. The van der Waals surface area contributed by atoms with Gasteiger partial charge in [-0.05, 0) is 24.6 Å². The van der Waals surface area contributed by atoms with Gasteiger partial charge in [-0.3, -0.25) is 0 Å². The van der Waals surface area contributed by atoms with Crippen LogP contribution in [0.25, 0.3) is 11.0 Å². The second-order valence-corrected chi connectivity index (χ2v) is 4.17. The highest BCUT2D eigenvalue weighted by atomic mass is 35.5. The van der Waals surface area contributed by atoms with Crippen LogP contribution in [-0.4, -0.2) is 5.11 Å². The Hall–Kier alpha value is -1.06. The maximum atomic E-state index is 13.1. The summed E-state index contributed by atoms with van der Waals surface area (Å²) in [6.45, 7) is 1.97. The van der Waals surface area contributed by atoms with Crippen molar-refractivity contribution in [1.82, 2.24) is 0 Å². The first-order valence-electron chi connectivity index (χ1n) is 5.18. The van der Waals surface area contributed by atoms with E-state index in [1.54, 1.807) is 6.07 Å². The van der Waals surface area contributed by atoms with Crippen LogP contribution in [0.5, 0.6) is 0 Å². The Labute approximate surface area is 97.6 Å². The minimum atomic E-state index is -0.656. The average molecular weight is 243 g/mol. The topological polar surface area (TPSA) is 33.4 Å². The summed E-state index contributed by atoms with van der Waals surface area (Å²) in [7, 11) is 0. The number of aliphatic hydroxyl groups excluding tert-OH is 1. The van der Waals surface area contributed by atoms with Crippen molar-refractivity contribution in [3.8, 4) is 0 Å². The van der Waals surface area contributed by atoms with Crippen molar-refractivity contribution in [3.05, 3.63) is 34.8 Å². The van der Waals surface area contributed by atoms with E-state index in [1.165, 1.54) is 12.1 Å². The summed E-state index contributed by atoms with van der Waals surface area (Å²) in [5, 5.41) is 10.6. The summed E-state index contributed by atoms with van der Waals surface area (Å²) < 4.78 is 18.5. The molecular formula is C12H12ClFO2. The second-order valence-electron chi connectivity index (χ2n) is 3.76. The summed E-state index contributed by atoms with van der Waals surface area (Å²) in [4.78, 5) is 0. The lowest BCUT2D eigenvalue weighted by Crippen LogP contribution is -1.93. The van der Waals surface area contributed by atoms with Crippen LogP contribution >= 0.6 is 11.6 Å². The van der Waals surface area contributed by atoms with Crippen molar-refractivity contribution in [3.63, 3.8) is 0 Å². The van der Waals surface area contributed by atoms with Crippen LogP contribution in [-0.2, 0) is 0 Å². The molecule has 2 nitrogen and oxygen atoms in total. The number of hydrogen-bond donors (Lipinski definition) is 1. The molecule has 0 amide bonds. The Kier molecular flexibility index (Phi) is 3.17. The maximum absolute atomic E-state index is 13.1. The molecule has 0 bridgehead atoms. The molecule has 1 aromatic heterocycles. The van der Waals surface area contributed by atoms with Crippen LogP contribution in [0.4, 0.5) is 4.39 Å². The molecule has 1 N–H and O–H groups in total. The second kappa shape index (κ2) is 4.44. The van der Waals surface area contributed by atoms with Crippen LogP contribution in [0.1, 0.15) is 31.6 Å².